The topological polar surface area (TPSA) is 75.7 Å². The van der Waals surface area contributed by atoms with Gasteiger partial charge in [0.25, 0.3) is 5.91 Å². The van der Waals surface area contributed by atoms with Crippen molar-refractivity contribution in [2.24, 2.45) is 0 Å². The molecule has 1 unspecified atom stereocenters. The van der Waals surface area contributed by atoms with Crippen LogP contribution in [0.1, 0.15) is 38.8 Å². The quantitative estimate of drug-likeness (QED) is 0.315. The second-order valence-electron chi connectivity index (χ2n) is 9.52. The van der Waals surface area contributed by atoms with Crippen LogP contribution in [-0.2, 0) is 13.0 Å². The van der Waals surface area contributed by atoms with E-state index < -0.39 is 0 Å². The molecule has 6 nitrogen and oxygen atoms in total. The number of pyridine rings is 1. The van der Waals surface area contributed by atoms with Crippen LogP contribution in [0.4, 0.5) is 0 Å². The first kappa shape index (κ1) is 24.3. The lowest BCUT2D eigenvalue weighted by atomic mass is 10.0. The highest BCUT2D eigenvalue weighted by Gasteiger charge is 2.21. The van der Waals surface area contributed by atoms with Gasteiger partial charge >= 0.3 is 0 Å². The standard InChI is InChI=1S/C31H31N5O/c1-22-10-14-24(15-11-22)19-26(20-34-30(37)27-7-5-6-18-33-27)36-29-9-4-3-8-28(29)35(31(36)32)21-25-16-12-23(2)13-17-25/h3-18,26,32H,19-21H2,1-2H3,(H,34,37). The highest BCUT2D eigenvalue weighted by molar-refractivity contribution is 5.92. The molecule has 2 heterocycles. The van der Waals surface area contributed by atoms with Crippen LogP contribution in [0.5, 0.6) is 0 Å². The van der Waals surface area contributed by atoms with Gasteiger partial charge in [0.1, 0.15) is 5.69 Å². The van der Waals surface area contributed by atoms with E-state index in [0.717, 1.165) is 22.2 Å². The summed E-state index contributed by atoms with van der Waals surface area (Å²) in [5.74, 6) is -0.218. The van der Waals surface area contributed by atoms with Crippen molar-refractivity contribution in [3.8, 4) is 0 Å². The fourth-order valence-electron chi connectivity index (χ4n) is 4.71. The zero-order valence-corrected chi connectivity index (χ0v) is 21.2. The second-order valence-corrected chi connectivity index (χ2v) is 9.52. The minimum Gasteiger partial charge on any atom is -0.349 e. The molecule has 5 rings (SSSR count). The number of carbonyl (C=O) groups is 1. The third-order valence-electron chi connectivity index (χ3n) is 6.73. The number of aromatic nitrogens is 3. The zero-order valence-electron chi connectivity index (χ0n) is 21.2. The SMILES string of the molecule is Cc1ccc(CC(CNC(=O)c2ccccn2)n2c(=N)n(Cc3ccc(C)cc3)c3ccccc32)cc1. The smallest absolute Gasteiger partial charge is 0.269 e. The van der Waals surface area contributed by atoms with Gasteiger partial charge in [-0.25, -0.2) is 0 Å². The highest BCUT2D eigenvalue weighted by Crippen LogP contribution is 2.22. The van der Waals surface area contributed by atoms with Gasteiger partial charge in [0.2, 0.25) is 5.62 Å². The van der Waals surface area contributed by atoms with Crippen LogP contribution in [0.3, 0.4) is 0 Å². The normalized spacial score (nSPS) is 11.9. The van der Waals surface area contributed by atoms with Gasteiger partial charge in [0, 0.05) is 12.7 Å². The predicted octanol–water partition coefficient (Wildman–Crippen LogP) is 5.20. The number of nitrogens with one attached hydrogen (secondary N) is 2. The first-order valence-corrected chi connectivity index (χ1v) is 12.5. The maximum atomic E-state index is 12.9. The Morgan fingerprint density at radius 2 is 1.46 bits per heavy atom. The number of hydrogen-bond donors (Lipinski definition) is 2. The average molecular weight is 490 g/mol. The number of carbonyl (C=O) groups excluding carboxylic acids is 1. The van der Waals surface area contributed by atoms with Gasteiger partial charge in [-0.05, 0) is 55.7 Å². The molecule has 0 spiro atoms. The molecule has 0 fully saturated rings. The van der Waals surface area contributed by atoms with E-state index in [-0.39, 0.29) is 11.9 Å². The van der Waals surface area contributed by atoms with Gasteiger partial charge in [-0.15, -0.1) is 0 Å². The summed E-state index contributed by atoms with van der Waals surface area (Å²) in [6.07, 6.45) is 2.30. The van der Waals surface area contributed by atoms with E-state index in [4.69, 9.17) is 0 Å². The van der Waals surface area contributed by atoms with Crippen molar-refractivity contribution in [3.05, 3.63) is 131 Å². The number of fused-ring (bicyclic) bond motifs is 1. The van der Waals surface area contributed by atoms with Crippen LogP contribution in [0.2, 0.25) is 0 Å². The molecule has 5 aromatic rings. The fourth-order valence-corrected chi connectivity index (χ4v) is 4.71. The van der Waals surface area contributed by atoms with E-state index in [1.54, 1.807) is 24.4 Å². The van der Waals surface area contributed by atoms with Crippen molar-refractivity contribution in [3.63, 3.8) is 0 Å². The van der Waals surface area contributed by atoms with Gasteiger partial charge in [-0.1, -0.05) is 77.9 Å². The van der Waals surface area contributed by atoms with Crippen LogP contribution in [0.15, 0.2) is 97.2 Å². The molecule has 1 atom stereocenters. The Bertz CT molecular complexity index is 1560. The first-order chi connectivity index (χ1) is 18.0. The van der Waals surface area contributed by atoms with Gasteiger partial charge in [0.15, 0.2) is 0 Å². The molecule has 186 valence electrons. The summed E-state index contributed by atoms with van der Waals surface area (Å²) in [4.78, 5) is 17.1. The molecule has 0 bridgehead atoms. The Balaban J connectivity index is 1.54. The number of amides is 1. The molecule has 6 heteroatoms. The van der Waals surface area contributed by atoms with Gasteiger partial charge in [0.05, 0.1) is 23.6 Å². The van der Waals surface area contributed by atoms with Crippen LogP contribution < -0.4 is 10.9 Å². The molecule has 2 aromatic heterocycles. The summed E-state index contributed by atoms with van der Waals surface area (Å²) in [5, 5.41) is 12.3. The monoisotopic (exact) mass is 489 g/mol. The predicted molar refractivity (Wildman–Crippen MR) is 147 cm³/mol. The van der Waals surface area contributed by atoms with E-state index >= 15 is 0 Å². The average Bonchev–Trinajstić information content (AvgIpc) is 3.20. The first-order valence-electron chi connectivity index (χ1n) is 12.5. The van der Waals surface area contributed by atoms with Crippen LogP contribution in [0, 0.1) is 19.3 Å². The summed E-state index contributed by atoms with van der Waals surface area (Å²) in [6, 6.07) is 30.2. The molecule has 1 amide bonds. The van der Waals surface area contributed by atoms with Crippen molar-refractivity contribution in [2.75, 3.05) is 6.54 Å². The Morgan fingerprint density at radius 1 is 0.838 bits per heavy atom. The van der Waals surface area contributed by atoms with Gasteiger partial charge in [-0.2, -0.15) is 0 Å². The third-order valence-corrected chi connectivity index (χ3v) is 6.73. The molecule has 0 aliphatic carbocycles. The summed E-state index contributed by atoms with van der Waals surface area (Å²) < 4.78 is 4.10. The lowest BCUT2D eigenvalue weighted by Crippen LogP contribution is -2.37. The Morgan fingerprint density at radius 3 is 2.11 bits per heavy atom. The number of rotatable bonds is 8. The minimum absolute atomic E-state index is 0.160. The van der Waals surface area contributed by atoms with Crippen molar-refractivity contribution in [2.45, 2.75) is 32.9 Å². The maximum Gasteiger partial charge on any atom is 0.269 e. The van der Waals surface area contributed by atoms with Crippen molar-refractivity contribution < 1.29 is 4.79 Å². The summed E-state index contributed by atoms with van der Waals surface area (Å²) in [6.45, 7) is 5.12. The van der Waals surface area contributed by atoms with Gasteiger partial charge < -0.3 is 14.5 Å². The lowest BCUT2D eigenvalue weighted by molar-refractivity contribution is 0.0942. The summed E-state index contributed by atoms with van der Waals surface area (Å²) in [7, 11) is 0. The molecule has 0 radical (unpaired) electrons. The fraction of sp³-hybridized carbons (Fsp3) is 0.194. The number of benzene rings is 3. The van der Waals surface area contributed by atoms with Crippen LogP contribution >= 0.6 is 0 Å². The minimum atomic E-state index is -0.218. The molecular weight excluding hydrogens is 458 g/mol. The molecule has 37 heavy (non-hydrogen) atoms. The van der Waals surface area contributed by atoms with Crippen LogP contribution in [-0.4, -0.2) is 26.6 Å². The van der Waals surface area contributed by atoms with Crippen molar-refractivity contribution >= 4 is 16.9 Å². The van der Waals surface area contributed by atoms with E-state index in [0.29, 0.717) is 30.8 Å². The number of imidazole rings is 1. The molecule has 0 saturated heterocycles. The molecule has 0 saturated carbocycles. The number of para-hydroxylation sites is 2. The third kappa shape index (κ3) is 5.38. The van der Waals surface area contributed by atoms with Crippen LogP contribution in [0.25, 0.3) is 11.0 Å². The summed E-state index contributed by atoms with van der Waals surface area (Å²) in [5.41, 5.74) is 7.48. The van der Waals surface area contributed by atoms with Gasteiger partial charge in [-0.3, -0.25) is 15.2 Å². The summed E-state index contributed by atoms with van der Waals surface area (Å²) >= 11 is 0. The zero-order chi connectivity index (χ0) is 25.8. The molecular formula is C31H31N5O. The van der Waals surface area contributed by atoms with E-state index in [9.17, 15) is 10.2 Å². The molecule has 0 aliphatic rings. The largest absolute Gasteiger partial charge is 0.349 e. The van der Waals surface area contributed by atoms with Crippen molar-refractivity contribution in [1.82, 2.24) is 19.4 Å². The number of nitrogens with zero attached hydrogens (tertiary/aromatic N) is 3. The van der Waals surface area contributed by atoms with Crippen molar-refractivity contribution in [1.29, 1.82) is 5.41 Å². The molecule has 2 N–H and O–H groups in total. The maximum absolute atomic E-state index is 12.9. The lowest BCUT2D eigenvalue weighted by Gasteiger charge is -2.21. The Labute approximate surface area is 216 Å². The Hall–Kier alpha value is -4.45. The molecule has 3 aromatic carbocycles. The van der Waals surface area contributed by atoms with E-state index in [1.165, 1.54) is 11.1 Å². The number of hydrogen-bond acceptors (Lipinski definition) is 3. The van der Waals surface area contributed by atoms with E-state index in [2.05, 4.69) is 89.4 Å². The molecule has 0 aliphatic heterocycles. The Kier molecular flexibility index (Phi) is 6.99. The van der Waals surface area contributed by atoms with E-state index in [1.807, 2.05) is 16.7 Å². The highest BCUT2D eigenvalue weighted by atomic mass is 16.1. The second kappa shape index (κ2) is 10.7. The number of aryl methyl sites for hydroxylation is 2.